The molecule has 0 aromatic carbocycles. The predicted molar refractivity (Wildman–Crippen MR) is 60.9 cm³/mol. The highest BCUT2D eigenvalue weighted by Crippen LogP contribution is 2.11. The molecule has 1 aromatic rings. The highest BCUT2D eigenvalue weighted by Gasteiger charge is 2.17. The number of aliphatic hydroxyl groups is 1. The highest BCUT2D eigenvalue weighted by molar-refractivity contribution is 4.85. The van der Waals surface area contributed by atoms with E-state index in [9.17, 15) is 0 Å². The van der Waals surface area contributed by atoms with E-state index in [2.05, 4.69) is 28.9 Å². The first-order chi connectivity index (χ1) is 7.71. The fourth-order valence-corrected chi connectivity index (χ4v) is 1.91. The third-order valence-electron chi connectivity index (χ3n) is 2.76. The van der Waals surface area contributed by atoms with Crippen LogP contribution in [0, 0.1) is 6.92 Å². The van der Waals surface area contributed by atoms with Crippen LogP contribution in [0.4, 0.5) is 0 Å². The van der Waals surface area contributed by atoms with Gasteiger partial charge in [-0.1, -0.05) is 19.0 Å². The molecule has 0 bridgehead atoms. The Morgan fingerprint density at radius 2 is 2.06 bits per heavy atom. The lowest BCUT2D eigenvalue weighted by atomic mass is 10.1. The molecule has 0 fully saturated rings. The molecule has 0 spiro atoms. The first-order valence-corrected chi connectivity index (χ1v) is 5.85. The molecule has 1 rings (SSSR count). The quantitative estimate of drug-likeness (QED) is 0.762. The van der Waals surface area contributed by atoms with Crippen molar-refractivity contribution in [2.24, 2.45) is 0 Å². The molecule has 0 amide bonds. The summed E-state index contributed by atoms with van der Waals surface area (Å²) in [5.74, 6) is 1.28. The fraction of sp³-hybridized carbons (Fsp3) is 0.818. The van der Waals surface area contributed by atoms with Gasteiger partial charge in [-0.2, -0.15) is 4.98 Å². The topological polar surface area (TPSA) is 62.4 Å². The zero-order valence-electron chi connectivity index (χ0n) is 10.3. The SMILES string of the molecule is CCC(CC)N(CCO)Cc1noc(C)n1. The minimum absolute atomic E-state index is 0.160. The number of aromatic nitrogens is 2. The third kappa shape index (κ3) is 3.57. The first-order valence-electron chi connectivity index (χ1n) is 5.85. The van der Waals surface area contributed by atoms with Crippen molar-refractivity contribution >= 4 is 0 Å². The Morgan fingerprint density at radius 1 is 1.38 bits per heavy atom. The monoisotopic (exact) mass is 227 g/mol. The van der Waals surface area contributed by atoms with E-state index in [1.807, 2.05) is 0 Å². The smallest absolute Gasteiger partial charge is 0.223 e. The standard InChI is InChI=1S/C11H21N3O2/c1-4-10(5-2)14(6-7-15)8-11-12-9(3)16-13-11/h10,15H,4-8H2,1-3H3. The van der Waals surface area contributed by atoms with E-state index in [0.717, 1.165) is 12.8 Å². The van der Waals surface area contributed by atoms with Gasteiger partial charge in [-0.05, 0) is 12.8 Å². The van der Waals surface area contributed by atoms with Crippen molar-refractivity contribution in [3.05, 3.63) is 11.7 Å². The molecular weight excluding hydrogens is 206 g/mol. The van der Waals surface area contributed by atoms with Crippen LogP contribution in [-0.4, -0.2) is 39.3 Å². The molecule has 1 heterocycles. The molecule has 0 aliphatic rings. The van der Waals surface area contributed by atoms with E-state index >= 15 is 0 Å². The molecule has 0 unspecified atom stereocenters. The molecule has 0 saturated carbocycles. The van der Waals surface area contributed by atoms with Crippen molar-refractivity contribution < 1.29 is 9.63 Å². The van der Waals surface area contributed by atoms with E-state index in [-0.39, 0.29) is 6.61 Å². The Bertz CT molecular complexity index is 297. The first kappa shape index (κ1) is 13.1. The molecule has 1 N–H and O–H groups in total. The second kappa shape index (κ2) is 6.60. The van der Waals surface area contributed by atoms with Crippen molar-refractivity contribution in [2.45, 2.75) is 46.2 Å². The van der Waals surface area contributed by atoms with Crippen LogP contribution in [0.3, 0.4) is 0 Å². The van der Waals surface area contributed by atoms with Crippen molar-refractivity contribution in [1.82, 2.24) is 15.0 Å². The Kier molecular flexibility index (Phi) is 5.42. The molecule has 0 radical (unpaired) electrons. The van der Waals surface area contributed by atoms with Gasteiger partial charge in [0.15, 0.2) is 5.82 Å². The van der Waals surface area contributed by atoms with Gasteiger partial charge in [0, 0.05) is 19.5 Å². The average Bonchev–Trinajstić information content (AvgIpc) is 2.66. The second-order valence-corrected chi connectivity index (χ2v) is 3.89. The number of aryl methyl sites for hydroxylation is 1. The fourth-order valence-electron chi connectivity index (χ4n) is 1.91. The lowest BCUT2D eigenvalue weighted by Gasteiger charge is -2.28. The normalized spacial score (nSPS) is 11.6. The minimum Gasteiger partial charge on any atom is -0.395 e. The summed E-state index contributed by atoms with van der Waals surface area (Å²) in [5.41, 5.74) is 0. The Hall–Kier alpha value is -0.940. The molecule has 0 aliphatic carbocycles. The van der Waals surface area contributed by atoms with Gasteiger partial charge >= 0.3 is 0 Å². The predicted octanol–water partition coefficient (Wildman–Crippen LogP) is 1.36. The van der Waals surface area contributed by atoms with Gasteiger partial charge in [0.05, 0.1) is 13.2 Å². The van der Waals surface area contributed by atoms with E-state index < -0.39 is 0 Å². The van der Waals surface area contributed by atoms with Gasteiger partial charge in [-0.15, -0.1) is 0 Å². The third-order valence-corrected chi connectivity index (χ3v) is 2.76. The van der Waals surface area contributed by atoms with E-state index in [0.29, 0.717) is 30.8 Å². The van der Waals surface area contributed by atoms with Crippen molar-refractivity contribution in [1.29, 1.82) is 0 Å². The van der Waals surface area contributed by atoms with Crippen LogP contribution in [0.15, 0.2) is 4.52 Å². The van der Waals surface area contributed by atoms with Crippen LogP contribution in [0.5, 0.6) is 0 Å². The number of nitrogens with zero attached hydrogens (tertiary/aromatic N) is 3. The van der Waals surface area contributed by atoms with Gasteiger partial charge in [0.25, 0.3) is 0 Å². The Labute approximate surface area is 96.5 Å². The summed E-state index contributed by atoms with van der Waals surface area (Å²) in [6, 6.07) is 0.464. The van der Waals surface area contributed by atoms with E-state index in [1.165, 1.54) is 0 Å². The highest BCUT2D eigenvalue weighted by atomic mass is 16.5. The lowest BCUT2D eigenvalue weighted by Crippen LogP contribution is -2.36. The summed E-state index contributed by atoms with van der Waals surface area (Å²) in [7, 11) is 0. The summed E-state index contributed by atoms with van der Waals surface area (Å²) in [4.78, 5) is 6.38. The van der Waals surface area contributed by atoms with Crippen LogP contribution >= 0.6 is 0 Å². The van der Waals surface area contributed by atoms with Gasteiger partial charge in [-0.25, -0.2) is 0 Å². The molecule has 5 nitrogen and oxygen atoms in total. The Morgan fingerprint density at radius 3 is 2.50 bits per heavy atom. The largest absolute Gasteiger partial charge is 0.395 e. The molecule has 92 valence electrons. The van der Waals surface area contributed by atoms with Gasteiger partial charge in [0.1, 0.15) is 0 Å². The Balaban J connectivity index is 2.63. The van der Waals surface area contributed by atoms with Crippen molar-refractivity contribution in [2.75, 3.05) is 13.2 Å². The maximum Gasteiger partial charge on any atom is 0.223 e. The number of hydrogen-bond donors (Lipinski definition) is 1. The molecule has 16 heavy (non-hydrogen) atoms. The van der Waals surface area contributed by atoms with Crippen LogP contribution in [0.2, 0.25) is 0 Å². The lowest BCUT2D eigenvalue weighted by molar-refractivity contribution is 0.132. The molecule has 0 saturated heterocycles. The summed E-state index contributed by atoms with van der Waals surface area (Å²) >= 11 is 0. The van der Waals surface area contributed by atoms with E-state index in [4.69, 9.17) is 9.63 Å². The number of hydrogen-bond acceptors (Lipinski definition) is 5. The average molecular weight is 227 g/mol. The van der Waals surface area contributed by atoms with E-state index in [1.54, 1.807) is 6.92 Å². The van der Waals surface area contributed by atoms with Crippen LogP contribution in [-0.2, 0) is 6.54 Å². The zero-order valence-corrected chi connectivity index (χ0v) is 10.3. The van der Waals surface area contributed by atoms with Crippen molar-refractivity contribution in [3.8, 4) is 0 Å². The van der Waals surface area contributed by atoms with Crippen molar-refractivity contribution in [3.63, 3.8) is 0 Å². The maximum absolute atomic E-state index is 9.05. The van der Waals surface area contributed by atoms with Crippen LogP contribution < -0.4 is 0 Å². The number of rotatable bonds is 7. The minimum atomic E-state index is 0.160. The zero-order chi connectivity index (χ0) is 12.0. The van der Waals surface area contributed by atoms with Gasteiger partial charge < -0.3 is 9.63 Å². The maximum atomic E-state index is 9.05. The van der Waals surface area contributed by atoms with Crippen LogP contribution in [0.25, 0.3) is 0 Å². The second-order valence-electron chi connectivity index (χ2n) is 3.89. The molecule has 0 aliphatic heterocycles. The van der Waals surface area contributed by atoms with Gasteiger partial charge in [0.2, 0.25) is 5.89 Å². The molecular formula is C11H21N3O2. The summed E-state index contributed by atoms with van der Waals surface area (Å²) in [6.07, 6.45) is 2.13. The van der Waals surface area contributed by atoms with Gasteiger partial charge in [-0.3, -0.25) is 4.90 Å². The summed E-state index contributed by atoms with van der Waals surface area (Å²) in [5, 5.41) is 12.9. The molecule has 5 heteroatoms. The molecule has 1 aromatic heterocycles. The summed E-state index contributed by atoms with van der Waals surface area (Å²) in [6.45, 7) is 7.54. The van der Waals surface area contributed by atoms with Crippen LogP contribution in [0.1, 0.15) is 38.4 Å². The number of aliphatic hydroxyl groups excluding tert-OH is 1. The summed E-state index contributed by atoms with van der Waals surface area (Å²) < 4.78 is 4.94. The molecule has 0 atom stereocenters.